The van der Waals surface area contributed by atoms with E-state index >= 15 is 0 Å². The summed E-state index contributed by atoms with van der Waals surface area (Å²) in [6.45, 7) is -0.347. The number of amides is 1. The normalized spacial score (nSPS) is 42.5. The third-order valence-electron chi connectivity index (χ3n) is 4.91. The summed E-state index contributed by atoms with van der Waals surface area (Å²) in [5.74, 6) is 0.865. The molecule has 0 atom stereocenters. The lowest BCUT2D eigenvalue weighted by Crippen LogP contribution is -2.54. The first-order valence-electron chi connectivity index (χ1n) is 6.55. The summed E-state index contributed by atoms with van der Waals surface area (Å²) in [5, 5.41) is 12.9. The largest absolute Gasteiger partial charge is 0.548 e. The van der Waals surface area contributed by atoms with Gasteiger partial charge in [0.05, 0.1) is 12.5 Å². The zero-order chi connectivity index (χ0) is 12.0. The molecule has 4 aliphatic carbocycles. The van der Waals surface area contributed by atoms with Gasteiger partial charge in [0.1, 0.15) is 0 Å². The van der Waals surface area contributed by atoms with Gasteiger partial charge in [0, 0.05) is 5.41 Å². The Hall–Kier alpha value is -1.06. The van der Waals surface area contributed by atoms with Gasteiger partial charge >= 0.3 is 0 Å². The Morgan fingerprint density at radius 3 is 1.94 bits per heavy atom. The van der Waals surface area contributed by atoms with E-state index in [9.17, 15) is 14.7 Å². The number of aliphatic carboxylic acids is 1. The predicted molar refractivity (Wildman–Crippen MR) is 58.6 cm³/mol. The van der Waals surface area contributed by atoms with Crippen molar-refractivity contribution in [3.8, 4) is 0 Å². The molecule has 4 saturated carbocycles. The lowest BCUT2D eigenvalue weighted by Gasteiger charge is -2.55. The third-order valence-corrected chi connectivity index (χ3v) is 4.91. The van der Waals surface area contributed by atoms with Gasteiger partial charge in [-0.25, -0.2) is 0 Å². The molecule has 0 saturated heterocycles. The molecule has 0 unspecified atom stereocenters. The molecular weight excluding hydrogens is 218 g/mol. The fraction of sp³-hybridized carbons (Fsp3) is 0.846. The molecule has 4 nitrogen and oxygen atoms in total. The number of carboxylic acids is 1. The van der Waals surface area contributed by atoms with Gasteiger partial charge in [0.15, 0.2) is 0 Å². The van der Waals surface area contributed by atoms with Crippen LogP contribution in [-0.2, 0) is 9.59 Å². The molecule has 4 aliphatic rings. The first-order chi connectivity index (χ1) is 8.07. The van der Waals surface area contributed by atoms with E-state index in [0.717, 1.165) is 19.3 Å². The van der Waals surface area contributed by atoms with Gasteiger partial charge in [-0.15, -0.1) is 0 Å². The van der Waals surface area contributed by atoms with Crippen LogP contribution in [0.25, 0.3) is 0 Å². The van der Waals surface area contributed by atoms with Crippen LogP contribution in [0.5, 0.6) is 0 Å². The summed E-state index contributed by atoms with van der Waals surface area (Å²) in [5.41, 5.74) is -0.246. The van der Waals surface area contributed by atoms with Gasteiger partial charge in [-0.3, -0.25) is 4.79 Å². The molecule has 0 aromatic heterocycles. The predicted octanol–water partition coefficient (Wildman–Crippen LogP) is 0.0689. The molecule has 0 aliphatic heterocycles. The molecule has 0 aromatic rings. The summed E-state index contributed by atoms with van der Waals surface area (Å²) in [7, 11) is 0. The van der Waals surface area contributed by atoms with Crippen molar-refractivity contribution in [2.24, 2.45) is 23.2 Å². The van der Waals surface area contributed by atoms with Crippen LogP contribution < -0.4 is 10.4 Å². The molecule has 0 spiro atoms. The van der Waals surface area contributed by atoms with Crippen LogP contribution in [0.3, 0.4) is 0 Å². The molecular formula is C13H18NO3-. The summed E-state index contributed by atoms with van der Waals surface area (Å²) in [6, 6.07) is 0. The van der Waals surface area contributed by atoms with Gasteiger partial charge in [-0.05, 0) is 56.3 Å². The highest BCUT2D eigenvalue weighted by atomic mass is 16.4. The average Bonchev–Trinajstić information content (AvgIpc) is 2.23. The van der Waals surface area contributed by atoms with Crippen molar-refractivity contribution >= 4 is 11.9 Å². The maximum Gasteiger partial charge on any atom is 0.226 e. The van der Waals surface area contributed by atoms with Crippen molar-refractivity contribution in [1.82, 2.24) is 5.32 Å². The van der Waals surface area contributed by atoms with Crippen LogP contribution in [0, 0.1) is 23.2 Å². The number of rotatable bonds is 3. The zero-order valence-corrected chi connectivity index (χ0v) is 9.91. The molecule has 4 rings (SSSR count). The van der Waals surface area contributed by atoms with E-state index < -0.39 is 5.97 Å². The van der Waals surface area contributed by atoms with Gasteiger partial charge < -0.3 is 15.2 Å². The topological polar surface area (TPSA) is 69.2 Å². The molecule has 4 heteroatoms. The molecule has 94 valence electrons. The SMILES string of the molecule is O=C([O-])CNC(=O)C12CC3CC(CC(C3)C1)C2. The van der Waals surface area contributed by atoms with Crippen LogP contribution in [0.2, 0.25) is 0 Å². The summed E-state index contributed by atoms with van der Waals surface area (Å²) in [6.07, 6.45) is 6.76. The fourth-order valence-electron chi connectivity index (χ4n) is 4.73. The van der Waals surface area contributed by atoms with Gasteiger partial charge in [-0.1, -0.05) is 0 Å². The molecule has 4 bridgehead atoms. The van der Waals surface area contributed by atoms with E-state index in [0.29, 0.717) is 17.8 Å². The molecule has 4 fully saturated rings. The summed E-state index contributed by atoms with van der Waals surface area (Å²) >= 11 is 0. The minimum atomic E-state index is -1.21. The van der Waals surface area contributed by atoms with E-state index in [-0.39, 0.29) is 17.9 Å². The maximum absolute atomic E-state index is 12.2. The second kappa shape index (κ2) is 3.72. The van der Waals surface area contributed by atoms with Crippen molar-refractivity contribution in [2.75, 3.05) is 6.54 Å². The van der Waals surface area contributed by atoms with Crippen molar-refractivity contribution in [1.29, 1.82) is 0 Å². The number of hydrogen-bond donors (Lipinski definition) is 1. The van der Waals surface area contributed by atoms with E-state index in [1.54, 1.807) is 0 Å². The van der Waals surface area contributed by atoms with E-state index in [2.05, 4.69) is 5.32 Å². The summed E-state index contributed by atoms with van der Waals surface area (Å²) < 4.78 is 0. The minimum absolute atomic E-state index is 0.0409. The molecule has 0 aromatic carbocycles. The van der Waals surface area contributed by atoms with Crippen molar-refractivity contribution < 1.29 is 14.7 Å². The Kier molecular flexibility index (Phi) is 2.42. The fourth-order valence-corrected chi connectivity index (χ4v) is 4.73. The Morgan fingerprint density at radius 1 is 1.06 bits per heavy atom. The second-order valence-electron chi connectivity index (χ2n) is 6.25. The lowest BCUT2D eigenvalue weighted by molar-refractivity contribution is -0.304. The lowest BCUT2D eigenvalue weighted by atomic mass is 9.49. The number of carboxylic acid groups (broad SMARTS) is 1. The zero-order valence-electron chi connectivity index (χ0n) is 9.91. The van der Waals surface area contributed by atoms with Crippen molar-refractivity contribution in [2.45, 2.75) is 38.5 Å². The van der Waals surface area contributed by atoms with Gasteiger partial charge in [-0.2, -0.15) is 0 Å². The molecule has 0 heterocycles. The highest BCUT2D eigenvalue weighted by molar-refractivity contribution is 5.85. The smallest absolute Gasteiger partial charge is 0.226 e. The second-order valence-corrected chi connectivity index (χ2v) is 6.25. The van der Waals surface area contributed by atoms with E-state index in [4.69, 9.17) is 0 Å². The summed E-state index contributed by atoms with van der Waals surface area (Å²) in [4.78, 5) is 22.6. The standard InChI is InChI=1S/C13H19NO3/c15-11(16)7-14-12(17)13-4-8-1-9(5-13)3-10(2-8)6-13/h8-10H,1-7H2,(H,14,17)(H,15,16)/p-1. The average molecular weight is 236 g/mol. The molecule has 1 N–H and O–H groups in total. The number of carbonyl (C=O) groups excluding carboxylic acids is 2. The Balaban J connectivity index is 1.73. The Bertz CT molecular complexity index is 328. The van der Waals surface area contributed by atoms with Crippen LogP contribution in [0.1, 0.15) is 38.5 Å². The highest BCUT2D eigenvalue weighted by Crippen LogP contribution is 2.60. The number of nitrogens with one attached hydrogen (secondary N) is 1. The van der Waals surface area contributed by atoms with Crippen LogP contribution in [0.4, 0.5) is 0 Å². The maximum atomic E-state index is 12.2. The first-order valence-corrected chi connectivity index (χ1v) is 6.55. The number of carbonyl (C=O) groups is 2. The van der Waals surface area contributed by atoms with Gasteiger partial charge in [0.25, 0.3) is 0 Å². The first kappa shape index (κ1) is 11.1. The van der Waals surface area contributed by atoms with E-state index in [1.165, 1.54) is 19.3 Å². The molecule has 17 heavy (non-hydrogen) atoms. The molecule has 1 amide bonds. The third kappa shape index (κ3) is 1.83. The molecule has 0 radical (unpaired) electrons. The van der Waals surface area contributed by atoms with Crippen LogP contribution >= 0.6 is 0 Å². The van der Waals surface area contributed by atoms with Crippen molar-refractivity contribution in [3.63, 3.8) is 0 Å². The monoisotopic (exact) mass is 236 g/mol. The van der Waals surface area contributed by atoms with Crippen LogP contribution in [0.15, 0.2) is 0 Å². The minimum Gasteiger partial charge on any atom is -0.548 e. The quantitative estimate of drug-likeness (QED) is 0.754. The van der Waals surface area contributed by atoms with E-state index in [1.807, 2.05) is 0 Å². The van der Waals surface area contributed by atoms with Crippen LogP contribution in [-0.4, -0.2) is 18.4 Å². The Morgan fingerprint density at radius 2 is 1.53 bits per heavy atom. The highest BCUT2D eigenvalue weighted by Gasteiger charge is 2.54. The van der Waals surface area contributed by atoms with Gasteiger partial charge in [0.2, 0.25) is 5.91 Å². The van der Waals surface area contributed by atoms with Crippen molar-refractivity contribution in [3.05, 3.63) is 0 Å². The number of hydrogen-bond acceptors (Lipinski definition) is 3. The Labute approximate surface area is 101 Å².